The zero-order valence-electron chi connectivity index (χ0n) is 10.4. The van der Waals surface area contributed by atoms with Crippen molar-refractivity contribution >= 4 is 15.9 Å². The smallest absolute Gasteiger partial charge is 0.127 e. The lowest BCUT2D eigenvalue weighted by atomic mass is 10.1. The van der Waals surface area contributed by atoms with Crippen LogP contribution in [0.5, 0.6) is 0 Å². The third-order valence-electron chi connectivity index (χ3n) is 2.34. The molecule has 0 aliphatic rings. The van der Waals surface area contributed by atoms with Crippen molar-refractivity contribution in [1.29, 1.82) is 0 Å². The molecule has 0 saturated carbocycles. The second kappa shape index (κ2) is 5.94. The van der Waals surface area contributed by atoms with Crippen molar-refractivity contribution in [3.8, 4) is 0 Å². The number of halogens is 2. The van der Waals surface area contributed by atoms with Crippen molar-refractivity contribution in [3.05, 3.63) is 34.1 Å². The minimum Gasteiger partial charge on any atom is -0.391 e. The third kappa shape index (κ3) is 5.61. The van der Waals surface area contributed by atoms with Gasteiger partial charge in [-0.2, -0.15) is 0 Å². The first-order valence-electron chi connectivity index (χ1n) is 5.65. The van der Waals surface area contributed by atoms with Gasteiger partial charge >= 0.3 is 0 Å². The van der Waals surface area contributed by atoms with Gasteiger partial charge in [0.2, 0.25) is 0 Å². The van der Waals surface area contributed by atoms with Gasteiger partial charge in [0, 0.05) is 23.0 Å². The van der Waals surface area contributed by atoms with E-state index in [9.17, 15) is 9.50 Å². The highest BCUT2D eigenvalue weighted by atomic mass is 79.9. The number of nitrogens with one attached hydrogen (secondary N) is 1. The molecule has 0 aliphatic carbocycles. The molecule has 0 spiro atoms. The fraction of sp³-hybridized carbons (Fsp3) is 0.538. The number of aliphatic hydroxyl groups excluding tert-OH is 1. The van der Waals surface area contributed by atoms with Crippen LogP contribution in [0.25, 0.3) is 0 Å². The Hall–Kier alpha value is -0.450. The minimum absolute atomic E-state index is 0.0424. The molecule has 1 aromatic rings. The summed E-state index contributed by atoms with van der Waals surface area (Å²) in [6, 6.07) is 4.89. The molecule has 96 valence electrons. The fourth-order valence-electron chi connectivity index (χ4n) is 1.44. The van der Waals surface area contributed by atoms with Crippen molar-refractivity contribution in [2.45, 2.75) is 38.8 Å². The van der Waals surface area contributed by atoms with Gasteiger partial charge < -0.3 is 10.4 Å². The zero-order chi connectivity index (χ0) is 13.1. The average Bonchev–Trinajstić information content (AvgIpc) is 2.18. The Morgan fingerprint density at radius 2 is 2.06 bits per heavy atom. The lowest BCUT2D eigenvalue weighted by Gasteiger charge is -2.23. The summed E-state index contributed by atoms with van der Waals surface area (Å²) in [6.45, 7) is 6.54. The fourth-order valence-corrected chi connectivity index (χ4v) is 1.77. The Labute approximate surface area is 110 Å². The van der Waals surface area contributed by atoms with Crippen molar-refractivity contribution in [2.75, 3.05) is 6.54 Å². The molecular formula is C13H19BrFNO. The van der Waals surface area contributed by atoms with Gasteiger partial charge in [-0.15, -0.1) is 0 Å². The largest absolute Gasteiger partial charge is 0.391 e. The Morgan fingerprint density at radius 1 is 1.41 bits per heavy atom. The summed E-state index contributed by atoms with van der Waals surface area (Å²) in [7, 11) is 0. The van der Waals surface area contributed by atoms with E-state index in [1.54, 1.807) is 12.1 Å². The van der Waals surface area contributed by atoms with Crippen LogP contribution in [-0.2, 0) is 6.42 Å². The van der Waals surface area contributed by atoms with E-state index >= 15 is 0 Å². The van der Waals surface area contributed by atoms with Gasteiger partial charge in [0.25, 0.3) is 0 Å². The first-order chi connectivity index (χ1) is 7.78. The van der Waals surface area contributed by atoms with Crippen LogP contribution in [0.15, 0.2) is 22.7 Å². The second-order valence-electron chi connectivity index (χ2n) is 5.22. The summed E-state index contributed by atoms with van der Waals surface area (Å²) in [5.41, 5.74) is 0.496. The predicted octanol–water partition coefficient (Wildman–Crippen LogP) is 2.88. The van der Waals surface area contributed by atoms with Crippen molar-refractivity contribution < 1.29 is 9.50 Å². The molecule has 1 rings (SSSR count). The summed E-state index contributed by atoms with van der Waals surface area (Å²) in [5, 5.41) is 13.0. The van der Waals surface area contributed by atoms with Crippen molar-refractivity contribution in [1.82, 2.24) is 5.32 Å². The molecule has 0 saturated heterocycles. The summed E-state index contributed by atoms with van der Waals surface area (Å²) in [4.78, 5) is 0. The first kappa shape index (κ1) is 14.6. The van der Waals surface area contributed by atoms with Crippen LogP contribution in [0.3, 0.4) is 0 Å². The Morgan fingerprint density at radius 3 is 2.59 bits per heavy atom. The van der Waals surface area contributed by atoms with E-state index in [1.807, 2.05) is 20.8 Å². The van der Waals surface area contributed by atoms with Gasteiger partial charge in [0.05, 0.1) is 6.10 Å². The van der Waals surface area contributed by atoms with Gasteiger partial charge in [0.15, 0.2) is 0 Å². The number of hydrogen-bond acceptors (Lipinski definition) is 2. The third-order valence-corrected chi connectivity index (χ3v) is 2.83. The summed E-state index contributed by atoms with van der Waals surface area (Å²) in [5.74, 6) is -0.283. The van der Waals surface area contributed by atoms with Crippen LogP contribution in [0, 0.1) is 5.82 Å². The number of hydrogen-bond donors (Lipinski definition) is 2. The van der Waals surface area contributed by atoms with Gasteiger partial charge in [-0.25, -0.2) is 4.39 Å². The molecule has 1 aromatic carbocycles. The lowest BCUT2D eigenvalue weighted by molar-refractivity contribution is 0.160. The number of aliphatic hydroxyl groups is 1. The molecule has 0 heterocycles. The highest BCUT2D eigenvalue weighted by Crippen LogP contribution is 2.16. The molecule has 17 heavy (non-hydrogen) atoms. The molecule has 0 fully saturated rings. The van der Waals surface area contributed by atoms with Gasteiger partial charge in [0.1, 0.15) is 5.82 Å². The number of β-amino-alcohol motifs (C(OH)–C–C–N with tert-alkyl or cyclic N) is 1. The van der Waals surface area contributed by atoms with E-state index in [2.05, 4.69) is 21.2 Å². The van der Waals surface area contributed by atoms with E-state index in [0.717, 1.165) is 0 Å². The second-order valence-corrected chi connectivity index (χ2v) is 6.14. The van der Waals surface area contributed by atoms with Crippen molar-refractivity contribution in [3.63, 3.8) is 0 Å². The zero-order valence-corrected chi connectivity index (χ0v) is 12.0. The van der Waals surface area contributed by atoms with Crippen LogP contribution in [0.4, 0.5) is 4.39 Å². The Balaban J connectivity index is 2.53. The molecule has 4 heteroatoms. The van der Waals surface area contributed by atoms with Crippen LogP contribution < -0.4 is 5.32 Å². The van der Waals surface area contributed by atoms with Crippen LogP contribution in [0.2, 0.25) is 0 Å². The highest BCUT2D eigenvalue weighted by Gasteiger charge is 2.14. The Kier molecular flexibility index (Phi) is 5.10. The van der Waals surface area contributed by atoms with E-state index in [1.165, 1.54) is 6.07 Å². The lowest BCUT2D eigenvalue weighted by Crippen LogP contribution is -2.41. The van der Waals surface area contributed by atoms with E-state index in [4.69, 9.17) is 0 Å². The van der Waals surface area contributed by atoms with Gasteiger partial charge in [-0.05, 0) is 38.5 Å². The summed E-state index contributed by atoms with van der Waals surface area (Å²) < 4.78 is 14.2. The molecule has 0 aromatic heterocycles. The molecule has 0 radical (unpaired) electrons. The number of benzene rings is 1. The minimum atomic E-state index is -0.579. The SMILES string of the molecule is CC(C)(C)NCC(O)Cc1ccc(Br)cc1F. The maximum absolute atomic E-state index is 13.5. The van der Waals surface area contributed by atoms with Gasteiger partial charge in [-0.3, -0.25) is 0 Å². The summed E-state index contributed by atoms with van der Waals surface area (Å²) >= 11 is 3.20. The van der Waals surface area contributed by atoms with E-state index in [0.29, 0.717) is 23.0 Å². The predicted molar refractivity (Wildman–Crippen MR) is 71.6 cm³/mol. The molecule has 2 N–H and O–H groups in total. The average molecular weight is 304 g/mol. The first-order valence-corrected chi connectivity index (χ1v) is 6.44. The van der Waals surface area contributed by atoms with Crippen LogP contribution in [-0.4, -0.2) is 23.3 Å². The quantitative estimate of drug-likeness (QED) is 0.896. The Bertz CT molecular complexity index is 376. The number of rotatable bonds is 4. The standard InChI is InChI=1S/C13H19BrFNO/c1-13(2,3)16-8-11(17)6-9-4-5-10(14)7-12(9)15/h4-5,7,11,16-17H,6,8H2,1-3H3. The summed E-state index contributed by atoms with van der Waals surface area (Å²) in [6.07, 6.45) is -0.257. The van der Waals surface area contributed by atoms with Crippen molar-refractivity contribution in [2.24, 2.45) is 0 Å². The molecule has 0 amide bonds. The maximum atomic E-state index is 13.5. The molecule has 0 aliphatic heterocycles. The maximum Gasteiger partial charge on any atom is 0.127 e. The molecule has 2 nitrogen and oxygen atoms in total. The topological polar surface area (TPSA) is 32.3 Å². The normalized spacial score (nSPS) is 13.8. The van der Waals surface area contributed by atoms with Crippen LogP contribution in [0.1, 0.15) is 26.3 Å². The van der Waals surface area contributed by atoms with E-state index < -0.39 is 6.10 Å². The molecular weight excluding hydrogens is 285 g/mol. The van der Waals surface area contributed by atoms with E-state index in [-0.39, 0.29) is 11.4 Å². The molecule has 0 bridgehead atoms. The molecule has 1 unspecified atom stereocenters. The van der Waals surface area contributed by atoms with Gasteiger partial charge in [-0.1, -0.05) is 22.0 Å². The molecule has 1 atom stereocenters. The highest BCUT2D eigenvalue weighted by molar-refractivity contribution is 9.10. The van der Waals surface area contributed by atoms with Crippen LogP contribution >= 0.6 is 15.9 Å². The monoisotopic (exact) mass is 303 g/mol.